The molecule has 1 aliphatic heterocycles. The number of benzene rings is 2. The van der Waals surface area contributed by atoms with Gasteiger partial charge in [-0.25, -0.2) is 0 Å². The number of nitrogens with one attached hydrogen (secondary N) is 3. The lowest BCUT2D eigenvalue weighted by atomic mass is 10.1. The minimum atomic E-state index is -0.650. The van der Waals surface area contributed by atoms with Crippen molar-refractivity contribution < 1.29 is 9.84 Å². The molecule has 1 atom stereocenters. The summed E-state index contributed by atoms with van der Waals surface area (Å²) in [4.78, 5) is 11.6. The standard InChI is InChI=1S/C24H30N6O2/c1-16(2)30-15-27-21-22(25-13-17-9-11-19(32-3)12-10-17)28-24(29-23(21)30)26-14-20(31)18-7-5-4-6-8-18/h4-12,16,20,27,31H,13-15H2,1-3H3,(H2,25,26,28,29). The molecule has 0 saturated heterocycles. The lowest BCUT2D eigenvalue weighted by molar-refractivity contribution is 0.191. The van der Waals surface area contributed by atoms with Gasteiger partial charge in [-0.3, -0.25) is 0 Å². The van der Waals surface area contributed by atoms with Gasteiger partial charge in [0.2, 0.25) is 5.95 Å². The number of ether oxygens (including phenoxy) is 1. The fourth-order valence-corrected chi connectivity index (χ4v) is 3.60. The summed E-state index contributed by atoms with van der Waals surface area (Å²) in [5.74, 6) is 2.88. The molecule has 1 aromatic heterocycles. The zero-order chi connectivity index (χ0) is 22.5. The molecule has 0 saturated carbocycles. The van der Waals surface area contributed by atoms with Crippen LogP contribution < -0.4 is 25.6 Å². The molecule has 2 aromatic carbocycles. The Kier molecular flexibility index (Phi) is 6.61. The molecule has 1 aliphatic rings. The van der Waals surface area contributed by atoms with Gasteiger partial charge in [-0.15, -0.1) is 0 Å². The van der Waals surface area contributed by atoms with Gasteiger partial charge in [-0.05, 0) is 37.1 Å². The molecule has 32 heavy (non-hydrogen) atoms. The lowest BCUT2D eigenvalue weighted by Crippen LogP contribution is -2.30. The van der Waals surface area contributed by atoms with Crippen molar-refractivity contribution in [2.24, 2.45) is 0 Å². The number of anilines is 4. The van der Waals surface area contributed by atoms with E-state index in [0.29, 0.717) is 25.7 Å². The van der Waals surface area contributed by atoms with Crippen molar-refractivity contribution in [3.8, 4) is 5.75 Å². The topological polar surface area (TPSA) is 94.6 Å². The first-order valence-corrected chi connectivity index (χ1v) is 10.8. The SMILES string of the molecule is COc1ccc(CNc2nc(NCC(O)c3ccccc3)nc3c2NCN3C(C)C)cc1. The van der Waals surface area contributed by atoms with Crippen LogP contribution in [0.1, 0.15) is 31.1 Å². The number of aromatic nitrogens is 2. The van der Waals surface area contributed by atoms with Crippen LogP contribution >= 0.6 is 0 Å². The average molecular weight is 435 g/mol. The maximum absolute atomic E-state index is 10.5. The lowest BCUT2D eigenvalue weighted by Gasteiger charge is -2.22. The molecule has 0 spiro atoms. The fraction of sp³-hybridized carbons (Fsp3) is 0.333. The van der Waals surface area contributed by atoms with Gasteiger partial charge in [0.25, 0.3) is 0 Å². The van der Waals surface area contributed by atoms with Gasteiger partial charge in [0.15, 0.2) is 11.6 Å². The molecule has 0 aliphatic carbocycles. The zero-order valence-corrected chi connectivity index (χ0v) is 18.7. The number of aliphatic hydroxyl groups excluding tert-OH is 1. The summed E-state index contributed by atoms with van der Waals surface area (Å²) in [6, 6.07) is 17.8. The molecule has 8 heteroatoms. The maximum Gasteiger partial charge on any atom is 0.226 e. The van der Waals surface area contributed by atoms with Crippen molar-refractivity contribution in [2.75, 3.05) is 41.2 Å². The highest BCUT2D eigenvalue weighted by atomic mass is 16.5. The third-order valence-corrected chi connectivity index (χ3v) is 5.47. The molecule has 3 aromatic rings. The molecular formula is C24H30N6O2. The Balaban J connectivity index is 1.53. The molecule has 0 amide bonds. The van der Waals surface area contributed by atoms with Gasteiger partial charge >= 0.3 is 0 Å². The molecule has 0 bridgehead atoms. The minimum absolute atomic E-state index is 0.288. The largest absolute Gasteiger partial charge is 0.497 e. The molecule has 0 fully saturated rings. The van der Waals surface area contributed by atoms with E-state index in [1.165, 1.54) is 0 Å². The highest BCUT2D eigenvalue weighted by molar-refractivity contribution is 5.83. The monoisotopic (exact) mass is 434 g/mol. The Morgan fingerprint density at radius 3 is 2.50 bits per heavy atom. The minimum Gasteiger partial charge on any atom is -0.497 e. The first-order valence-electron chi connectivity index (χ1n) is 10.8. The van der Waals surface area contributed by atoms with E-state index in [-0.39, 0.29) is 6.04 Å². The van der Waals surface area contributed by atoms with E-state index in [1.807, 2.05) is 54.6 Å². The van der Waals surface area contributed by atoms with E-state index >= 15 is 0 Å². The van der Waals surface area contributed by atoms with Crippen LogP contribution in [-0.4, -0.2) is 41.4 Å². The number of fused-ring (bicyclic) bond motifs is 1. The van der Waals surface area contributed by atoms with Crippen molar-refractivity contribution in [2.45, 2.75) is 32.5 Å². The molecule has 1 unspecified atom stereocenters. The van der Waals surface area contributed by atoms with E-state index in [0.717, 1.165) is 34.2 Å². The highest BCUT2D eigenvalue weighted by Gasteiger charge is 2.27. The van der Waals surface area contributed by atoms with Gasteiger partial charge < -0.3 is 30.7 Å². The molecule has 2 heterocycles. The number of methoxy groups -OCH3 is 1. The van der Waals surface area contributed by atoms with Crippen LogP contribution in [0.2, 0.25) is 0 Å². The molecule has 0 radical (unpaired) electrons. The summed E-state index contributed by atoms with van der Waals surface area (Å²) in [6.45, 7) is 5.87. The number of hydrogen-bond donors (Lipinski definition) is 4. The molecule has 4 rings (SSSR count). The first kappa shape index (κ1) is 21.7. The second kappa shape index (κ2) is 9.74. The summed E-state index contributed by atoms with van der Waals surface area (Å²) in [7, 11) is 1.66. The van der Waals surface area contributed by atoms with Crippen molar-refractivity contribution in [3.05, 3.63) is 65.7 Å². The van der Waals surface area contributed by atoms with Crippen molar-refractivity contribution in [1.82, 2.24) is 9.97 Å². The third kappa shape index (κ3) is 4.86. The van der Waals surface area contributed by atoms with Gasteiger partial charge in [0.05, 0.1) is 19.9 Å². The number of nitrogens with zero attached hydrogens (tertiary/aromatic N) is 3. The van der Waals surface area contributed by atoms with Gasteiger partial charge in [-0.2, -0.15) is 9.97 Å². The summed E-state index contributed by atoms with van der Waals surface area (Å²) in [6.07, 6.45) is -0.650. The normalized spacial score (nSPS) is 13.5. The van der Waals surface area contributed by atoms with Crippen LogP contribution in [0.15, 0.2) is 54.6 Å². The van der Waals surface area contributed by atoms with Crippen LogP contribution in [0, 0.1) is 0 Å². The molecule has 168 valence electrons. The first-order chi connectivity index (χ1) is 15.5. The summed E-state index contributed by atoms with van der Waals surface area (Å²) in [5.41, 5.74) is 2.86. The third-order valence-electron chi connectivity index (χ3n) is 5.47. The predicted octanol–water partition coefficient (Wildman–Crippen LogP) is 3.84. The van der Waals surface area contributed by atoms with Crippen molar-refractivity contribution >= 4 is 23.3 Å². The Hall–Kier alpha value is -3.52. The number of hydrogen-bond acceptors (Lipinski definition) is 8. The summed E-state index contributed by atoms with van der Waals surface area (Å²) in [5, 5.41) is 20.6. The summed E-state index contributed by atoms with van der Waals surface area (Å²) < 4.78 is 5.24. The van der Waals surface area contributed by atoms with Crippen LogP contribution in [0.4, 0.5) is 23.3 Å². The summed E-state index contributed by atoms with van der Waals surface area (Å²) >= 11 is 0. The Labute approximate surface area is 188 Å². The smallest absolute Gasteiger partial charge is 0.226 e. The van der Waals surface area contributed by atoms with E-state index in [2.05, 4.69) is 34.7 Å². The Morgan fingerprint density at radius 1 is 1.06 bits per heavy atom. The van der Waals surface area contributed by atoms with Crippen LogP contribution in [-0.2, 0) is 6.54 Å². The number of aliphatic hydroxyl groups is 1. The molecule has 4 N–H and O–H groups in total. The van der Waals surface area contributed by atoms with E-state index < -0.39 is 6.10 Å². The fourth-order valence-electron chi connectivity index (χ4n) is 3.60. The van der Waals surface area contributed by atoms with Crippen LogP contribution in [0.25, 0.3) is 0 Å². The highest BCUT2D eigenvalue weighted by Crippen LogP contribution is 2.37. The van der Waals surface area contributed by atoms with Crippen molar-refractivity contribution in [3.63, 3.8) is 0 Å². The second-order valence-corrected chi connectivity index (χ2v) is 8.00. The number of rotatable bonds is 9. The van der Waals surface area contributed by atoms with Gasteiger partial charge in [-0.1, -0.05) is 42.5 Å². The van der Waals surface area contributed by atoms with Crippen LogP contribution in [0.3, 0.4) is 0 Å². The Bertz CT molecular complexity index is 1030. The van der Waals surface area contributed by atoms with Gasteiger partial charge in [0.1, 0.15) is 11.4 Å². The molecular weight excluding hydrogens is 404 g/mol. The van der Waals surface area contributed by atoms with E-state index in [4.69, 9.17) is 14.7 Å². The van der Waals surface area contributed by atoms with E-state index in [1.54, 1.807) is 7.11 Å². The van der Waals surface area contributed by atoms with Crippen molar-refractivity contribution in [1.29, 1.82) is 0 Å². The van der Waals surface area contributed by atoms with E-state index in [9.17, 15) is 5.11 Å². The van der Waals surface area contributed by atoms with Gasteiger partial charge in [0, 0.05) is 19.1 Å². The zero-order valence-electron chi connectivity index (χ0n) is 18.7. The Morgan fingerprint density at radius 2 is 1.81 bits per heavy atom. The maximum atomic E-state index is 10.5. The second-order valence-electron chi connectivity index (χ2n) is 8.00. The average Bonchev–Trinajstić information content (AvgIpc) is 3.26. The quantitative estimate of drug-likeness (QED) is 0.404. The molecule has 8 nitrogen and oxygen atoms in total. The van der Waals surface area contributed by atoms with Crippen LogP contribution in [0.5, 0.6) is 5.75 Å². The predicted molar refractivity (Wildman–Crippen MR) is 128 cm³/mol.